The molecule has 0 saturated carbocycles. The fourth-order valence-electron chi connectivity index (χ4n) is 2.63. The second-order valence-electron chi connectivity index (χ2n) is 5.90. The second-order valence-corrected chi connectivity index (χ2v) is 5.90. The van der Waals surface area contributed by atoms with Crippen molar-refractivity contribution in [1.29, 1.82) is 0 Å². The molecule has 2 aromatic rings. The van der Waals surface area contributed by atoms with Crippen LogP contribution in [0.15, 0.2) is 42.5 Å². The summed E-state index contributed by atoms with van der Waals surface area (Å²) in [5.41, 5.74) is 3.33. The third kappa shape index (κ3) is 4.75. The lowest BCUT2D eigenvalue weighted by Gasteiger charge is -2.17. The molecule has 0 bridgehead atoms. The summed E-state index contributed by atoms with van der Waals surface area (Å²) < 4.78 is 10.4. The molecule has 0 aromatic heterocycles. The Labute approximate surface area is 144 Å². The number of ether oxygens (including phenoxy) is 2. The Hall–Kier alpha value is -2.49. The quantitative estimate of drug-likeness (QED) is 0.780. The van der Waals surface area contributed by atoms with Gasteiger partial charge in [0.25, 0.3) is 0 Å². The lowest BCUT2D eigenvalue weighted by molar-refractivity contribution is -0.130. The predicted molar refractivity (Wildman–Crippen MR) is 95.5 cm³/mol. The summed E-state index contributed by atoms with van der Waals surface area (Å²) >= 11 is 0. The number of hydrogen-bond acceptors (Lipinski definition) is 3. The lowest BCUT2D eigenvalue weighted by Crippen LogP contribution is -2.26. The Bertz CT molecular complexity index is 680. The van der Waals surface area contributed by atoms with Crippen LogP contribution in [0.25, 0.3) is 0 Å². The summed E-state index contributed by atoms with van der Waals surface area (Å²) in [6.07, 6.45) is 1.23. The van der Waals surface area contributed by atoms with Gasteiger partial charge in [0, 0.05) is 20.0 Å². The maximum absolute atomic E-state index is 12.3. The molecule has 0 unspecified atom stereocenters. The van der Waals surface area contributed by atoms with Gasteiger partial charge in [-0.05, 0) is 48.2 Å². The van der Waals surface area contributed by atoms with Crippen molar-refractivity contribution in [2.24, 2.45) is 0 Å². The highest BCUT2D eigenvalue weighted by atomic mass is 16.5. The lowest BCUT2D eigenvalue weighted by atomic mass is 10.1. The van der Waals surface area contributed by atoms with Crippen molar-refractivity contribution in [1.82, 2.24) is 4.90 Å². The van der Waals surface area contributed by atoms with E-state index in [0.717, 1.165) is 34.6 Å². The largest absolute Gasteiger partial charge is 0.497 e. The molecule has 0 heterocycles. The molecule has 0 atom stereocenters. The number of carbonyl (C=O) groups is 1. The summed E-state index contributed by atoms with van der Waals surface area (Å²) in [6, 6.07) is 13.8. The number of rotatable bonds is 7. The van der Waals surface area contributed by atoms with Crippen LogP contribution in [0.4, 0.5) is 0 Å². The van der Waals surface area contributed by atoms with Gasteiger partial charge in [-0.15, -0.1) is 0 Å². The minimum atomic E-state index is 0.138. The van der Waals surface area contributed by atoms with E-state index in [1.807, 2.05) is 50.4 Å². The van der Waals surface area contributed by atoms with Gasteiger partial charge in [0.1, 0.15) is 11.5 Å². The maximum Gasteiger partial charge on any atom is 0.222 e. The Morgan fingerprint density at radius 1 is 1.00 bits per heavy atom. The Morgan fingerprint density at radius 2 is 1.67 bits per heavy atom. The van der Waals surface area contributed by atoms with Gasteiger partial charge in [0.15, 0.2) is 0 Å². The summed E-state index contributed by atoms with van der Waals surface area (Å²) in [6.45, 7) is 2.62. The SMILES string of the molecule is COc1ccc(CN(C)C(=O)CCc2ccc(OC)c(C)c2)cc1. The molecule has 128 valence electrons. The monoisotopic (exact) mass is 327 g/mol. The van der Waals surface area contributed by atoms with Gasteiger partial charge in [-0.1, -0.05) is 24.3 Å². The van der Waals surface area contributed by atoms with Crippen LogP contribution in [0.2, 0.25) is 0 Å². The van der Waals surface area contributed by atoms with Crippen molar-refractivity contribution >= 4 is 5.91 Å². The van der Waals surface area contributed by atoms with Gasteiger partial charge < -0.3 is 14.4 Å². The van der Waals surface area contributed by atoms with Gasteiger partial charge in [-0.2, -0.15) is 0 Å². The third-order valence-electron chi connectivity index (χ3n) is 4.09. The summed E-state index contributed by atoms with van der Waals surface area (Å²) in [4.78, 5) is 14.1. The van der Waals surface area contributed by atoms with E-state index in [0.29, 0.717) is 13.0 Å². The highest BCUT2D eigenvalue weighted by molar-refractivity contribution is 5.76. The minimum absolute atomic E-state index is 0.138. The van der Waals surface area contributed by atoms with Crippen LogP contribution in [0.5, 0.6) is 11.5 Å². The van der Waals surface area contributed by atoms with E-state index < -0.39 is 0 Å². The van der Waals surface area contributed by atoms with Crippen LogP contribution in [0.1, 0.15) is 23.1 Å². The number of carbonyl (C=O) groups excluding carboxylic acids is 1. The second kappa shape index (κ2) is 8.39. The van der Waals surface area contributed by atoms with Crippen molar-refractivity contribution in [2.45, 2.75) is 26.3 Å². The third-order valence-corrected chi connectivity index (χ3v) is 4.09. The topological polar surface area (TPSA) is 38.8 Å². The highest BCUT2D eigenvalue weighted by Gasteiger charge is 2.10. The maximum atomic E-state index is 12.3. The fraction of sp³-hybridized carbons (Fsp3) is 0.350. The van der Waals surface area contributed by atoms with Crippen LogP contribution in [0, 0.1) is 6.92 Å². The van der Waals surface area contributed by atoms with Crippen LogP contribution < -0.4 is 9.47 Å². The molecule has 0 aliphatic heterocycles. The molecular weight excluding hydrogens is 302 g/mol. The predicted octanol–water partition coefficient (Wildman–Crippen LogP) is 3.60. The molecule has 0 fully saturated rings. The summed E-state index contributed by atoms with van der Waals surface area (Å²) in [5.74, 6) is 1.84. The molecule has 0 spiro atoms. The zero-order chi connectivity index (χ0) is 17.5. The van der Waals surface area contributed by atoms with Gasteiger partial charge in [-0.25, -0.2) is 0 Å². The Kier molecular flexibility index (Phi) is 6.24. The van der Waals surface area contributed by atoms with Crippen molar-refractivity contribution in [2.75, 3.05) is 21.3 Å². The first-order chi connectivity index (χ1) is 11.5. The van der Waals surface area contributed by atoms with Gasteiger partial charge in [-0.3, -0.25) is 4.79 Å². The van der Waals surface area contributed by atoms with E-state index in [2.05, 4.69) is 6.07 Å². The fourth-order valence-corrected chi connectivity index (χ4v) is 2.63. The number of methoxy groups -OCH3 is 2. The van der Waals surface area contributed by atoms with Gasteiger partial charge in [0.2, 0.25) is 5.91 Å². The van der Waals surface area contributed by atoms with Gasteiger partial charge >= 0.3 is 0 Å². The van der Waals surface area contributed by atoms with Crippen molar-refractivity contribution in [3.63, 3.8) is 0 Å². The van der Waals surface area contributed by atoms with Crippen molar-refractivity contribution in [3.8, 4) is 11.5 Å². The molecule has 2 rings (SSSR count). The van der Waals surface area contributed by atoms with E-state index in [-0.39, 0.29) is 5.91 Å². The molecule has 24 heavy (non-hydrogen) atoms. The van der Waals surface area contributed by atoms with Crippen LogP contribution >= 0.6 is 0 Å². The molecule has 0 N–H and O–H groups in total. The molecule has 4 nitrogen and oxygen atoms in total. The number of benzene rings is 2. The Morgan fingerprint density at radius 3 is 2.25 bits per heavy atom. The minimum Gasteiger partial charge on any atom is -0.497 e. The first-order valence-corrected chi connectivity index (χ1v) is 8.04. The molecule has 1 amide bonds. The normalized spacial score (nSPS) is 10.3. The summed E-state index contributed by atoms with van der Waals surface area (Å²) in [7, 11) is 5.15. The van der Waals surface area contributed by atoms with Crippen molar-refractivity contribution < 1.29 is 14.3 Å². The van der Waals surface area contributed by atoms with Crippen molar-refractivity contribution in [3.05, 3.63) is 59.2 Å². The molecule has 0 aliphatic carbocycles. The van der Waals surface area contributed by atoms with E-state index in [9.17, 15) is 4.79 Å². The van der Waals surface area contributed by atoms with E-state index in [1.54, 1.807) is 19.1 Å². The average Bonchev–Trinajstić information content (AvgIpc) is 2.60. The first-order valence-electron chi connectivity index (χ1n) is 8.04. The molecular formula is C20H25NO3. The average molecular weight is 327 g/mol. The zero-order valence-corrected chi connectivity index (χ0v) is 14.8. The highest BCUT2D eigenvalue weighted by Crippen LogP contribution is 2.19. The standard InChI is InChI=1S/C20H25NO3/c1-15-13-16(7-11-19(15)24-4)8-12-20(22)21(2)14-17-5-9-18(23-3)10-6-17/h5-7,9-11,13H,8,12,14H2,1-4H3. The van der Waals surface area contributed by atoms with Crippen LogP contribution in [-0.4, -0.2) is 32.1 Å². The molecule has 2 aromatic carbocycles. The van der Waals surface area contributed by atoms with E-state index in [4.69, 9.17) is 9.47 Å². The zero-order valence-electron chi connectivity index (χ0n) is 14.8. The molecule has 0 aliphatic rings. The Balaban J connectivity index is 1.87. The smallest absolute Gasteiger partial charge is 0.222 e. The summed E-state index contributed by atoms with van der Waals surface area (Å²) in [5, 5.41) is 0. The number of hydrogen-bond donors (Lipinski definition) is 0. The molecule has 0 radical (unpaired) electrons. The number of nitrogens with zero attached hydrogens (tertiary/aromatic N) is 1. The first kappa shape index (κ1) is 17.9. The number of aryl methyl sites for hydroxylation is 2. The van der Waals surface area contributed by atoms with Crippen LogP contribution in [0.3, 0.4) is 0 Å². The number of amides is 1. The molecule has 0 saturated heterocycles. The van der Waals surface area contributed by atoms with E-state index in [1.165, 1.54) is 0 Å². The molecule has 4 heteroatoms. The van der Waals surface area contributed by atoms with E-state index >= 15 is 0 Å². The van der Waals surface area contributed by atoms with Crippen LogP contribution in [-0.2, 0) is 17.8 Å². The van der Waals surface area contributed by atoms with Gasteiger partial charge in [0.05, 0.1) is 14.2 Å².